The van der Waals surface area contributed by atoms with E-state index in [1.54, 1.807) is 0 Å². The molecule has 2 saturated heterocycles. The van der Waals surface area contributed by atoms with Gasteiger partial charge in [-0.25, -0.2) is 4.98 Å². The third-order valence-corrected chi connectivity index (χ3v) is 5.06. The zero-order chi connectivity index (χ0) is 17.8. The fourth-order valence-corrected chi connectivity index (χ4v) is 3.80. The van der Waals surface area contributed by atoms with E-state index in [1.165, 1.54) is 6.42 Å². The van der Waals surface area contributed by atoms with Gasteiger partial charge < -0.3 is 20.7 Å². The van der Waals surface area contributed by atoms with Crippen molar-refractivity contribution in [1.82, 2.24) is 15.6 Å². The van der Waals surface area contributed by atoms with Gasteiger partial charge >= 0.3 is 0 Å². The van der Waals surface area contributed by atoms with Crippen molar-refractivity contribution in [1.29, 1.82) is 0 Å². The average Bonchev–Trinajstić information content (AvgIpc) is 3.28. The van der Waals surface area contributed by atoms with Crippen LogP contribution in [0.25, 0.3) is 10.9 Å². The second-order valence-electron chi connectivity index (χ2n) is 6.94. The Balaban J connectivity index is 1.30. The molecule has 26 heavy (non-hydrogen) atoms. The van der Waals surface area contributed by atoms with E-state index in [0.29, 0.717) is 24.8 Å². The van der Waals surface area contributed by atoms with E-state index in [4.69, 9.17) is 4.74 Å². The van der Waals surface area contributed by atoms with Crippen LogP contribution in [-0.2, 0) is 4.74 Å². The molecule has 3 atom stereocenters. The number of aromatic nitrogens is 1. The van der Waals surface area contributed by atoms with Crippen LogP contribution in [0.4, 0.5) is 5.82 Å². The normalized spacial score (nSPS) is 24.8. The lowest BCUT2D eigenvalue weighted by atomic mass is 9.96. The summed E-state index contributed by atoms with van der Waals surface area (Å²) in [6.45, 7) is 4.37. The first-order chi connectivity index (χ1) is 12.8. The number of aliphatic imine (C=N–C) groups is 1. The van der Waals surface area contributed by atoms with Crippen LogP contribution < -0.4 is 16.0 Å². The Morgan fingerprint density at radius 1 is 1.23 bits per heavy atom. The Labute approximate surface area is 154 Å². The zero-order valence-electron chi connectivity index (χ0n) is 15.2. The standard InChI is InChI=1S/C20H27N5O/c1-2-21-20(25-17-13-15-8-9-18(17)26-15)23-12-11-22-19-10-7-14-5-3-4-6-16(14)24-19/h3-7,10,15,17-18H,2,8-9,11-13H2,1H3,(H,22,24)(H2,21,23,25). The van der Waals surface area contributed by atoms with Crippen LogP contribution in [0, 0.1) is 0 Å². The molecule has 0 saturated carbocycles. The number of para-hydroxylation sites is 1. The number of pyridine rings is 1. The van der Waals surface area contributed by atoms with Crippen LogP contribution >= 0.6 is 0 Å². The van der Waals surface area contributed by atoms with Gasteiger partial charge in [0.1, 0.15) is 5.82 Å². The van der Waals surface area contributed by atoms with Gasteiger partial charge in [0.2, 0.25) is 0 Å². The minimum Gasteiger partial charge on any atom is -0.373 e. The van der Waals surface area contributed by atoms with Gasteiger partial charge in [-0.1, -0.05) is 18.2 Å². The Morgan fingerprint density at radius 2 is 2.15 bits per heavy atom. The van der Waals surface area contributed by atoms with Crippen molar-refractivity contribution in [2.45, 2.75) is 44.4 Å². The molecule has 6 heteroatoms. The molecule has 2 fully saturated rings. The Morgan fingerprint density at radius 3 is 2.96 bits per heavy atom. The van der Waals surface area contributed by atoms with Crippen molar-refractivity contribution in [2.75, 3.05) is 25.0 Å². The molecule has 0 amide bonds. The minimum absolute atomic E-state index is 0.351. The van der Waals surface area contributed by atoms with E-state index in [1.807, 2.05) is 24.3 Å². The van der Waals surface area contributed by atoms with Crippen molar-refractivity contribution >= 4 is 22.7 Å². The summed E-state index contributed by atoms with van der Waals surface area (Å²) in [5.74, 6) is 1.76. The number of nitrogens with one attached hydrogen (secondary N) is 3. The molecule has 3 heterocycles. The van der Waals surface area contributed by atoms with Crippen molar-refractivity contribution in [3.05, 3.63) is 36.4 Å². The fraction of sp³-hybridized carbons (Fsp3) is 0.500. The van der Waals surface area contributed by atoms with E-state index in [0.717, 1.165) is 48.6 Å². The number of nitrogens with zero attached hydrogens (tertiary/aromatic N) is 2. The SMILES string of the molecule is CCNC(=NCCNc1ccc2ccccc2n1)NC1CC2CCC1O2. The van der Waals surface area contributed by atoms with E-state index in [9.17, 15) is 0 Å². The van der Waals surface area contributed by atoms with Gasteiger partial charge in [0.05, 0.1) is 30.3 Å². The molecule has 2 bridgehead atoms. The molecule has 2 aromatic rings. The Kier molecular flexibility index (Phi) is 5.20. The van der Waals surface area contributed by atoms with Crippen LogP contribution in [0.5, 0.6) is 0 Å². The van der Waals surface area contributed by atoms with Crippen LogP contribution in [-0.4, -0.2) is 48.8 Å². The first-order valence-corrected chi connectivity index (χ1v) is 9.62. The maximum Gasteiger partial charge on any atom is 0.191 e. The van der Waals surface area contributed by atoms with E-state index in [-0.39, 0.29) is 0 Å². The molecule has 138 valence electrons. The third-order valence-electron chi connectivity index (χ3n) is 5.06. The molecule has 1 aromatic heterocycles. The topological polar surface area (TPSA) is 70.6 Å². The highest BCUT2D eigenvalue weighted by molar-refractivity contribution is 5.80. The maximum atomic E-state index is 5.92. The smallest absolute Gasteiger partial charge is 0.191 e. The number of hydrogen-bond acceptors (Lipinski definition) is 4. The number of benzene rings is 1. The molecule has 6 nitrogen and oxygen atoms in total. The van der Waals surface area contributed by atoms with Crippen molar-refractivity contribution in [3.8, 4) is 0 Å². The lowest BCUT2D eigenvalue weighted by Crippen LogP contribution is -2.47. The molecule has 2 aliphatic rings. The molecule has 0 radical (unpaired) electrons. The predicted molar refractivity (Wildman–Crippen MR) is 106 cm³/mol. The number of fused-ring (bicyclic) bond motifs is 3. The molecule has 3 unspecified atom stereocenters. The van der Waals surface area contributed by atoms with Gasteiger partial charge in [0.25, 0.3) is 0 Å². The molecule has 2 aliphatic heterocycles. The summed E-state index contributed by atoms with van der Waals surface area (Å²) in [7, 11) is 0. The Bertz CT molecular complexity index is 778. The van der Waals surface area contributed by atoms with Crippen LogP contribution in [0.2, 0.25) is 0 Å². The highest BCUT2D eigenvalue weighted by atomic mass is 16.5. The third kappa shape index (κ3) is 3.90. The maximum absolute atomic E-state index is 5.92. The van der Waals surface area contributed by atoms with Gasteiger partial charge in [0, 0.05) is 18.5 Å². The fourth-order valence-electron chi connectivity index (χ4n) is 3.80. The molecule has 3 N–H and O–H groups in total. The zero-order valence-corrected chi connectivity index (χ0v) is 15.2. The predicted octanol–water partition coefficient (Wildman–Crippen LogP) is 2.52. The van der Waals surface area contributed by atoms with Crippen LogP contribution in [0.3, 0.4) is 0 Å². The molecular formula is C20H27N5O. The molecular weight excluding hydrogens is 326 g/mol. The number of rotatable bonds is 6. The number of hydrogen-bond donors (Lipinski definition) is 3. The first kappa shape index (κ1) is 17.1. The summed E-state index contributed by atoms with van der Waals surface area (Å²) in [5.41, 5.74) is 1.01. The van der Waals surface area contributed by atoms with E-state index < -0.39 is 0 Å². The molecule has 1 aromatic carbocycles. The van der Waals surface area contributed by atoms with Crippen molar-refractivity contribution < 1.29 is 4.74 Å². The average molecular weight is 353 g/mol. The lowest BCUT2D eigenvalue weighted by Gasteiger charge is -2.22. The van der Waals surface area contributed by atoms with Gasteiger partial charge in [0.15, 0.2) is 5.96 Å². The Hall–Kier alpha value is -2.34. The second kappa shape index (κ2) is 7.91. The monoisotopic (exact) mass is 353 g/mol. The van der Waals surface area contributed by atoms with Crippen LogP contribution in [0.1, 0.15) is 26.2 Å². The number of ether oxygens (including phenoxy) is 1. The van der Waals surface area contributed by atoms with E-state index in [2.05, 4.69) is 45.0 Å². The summed E-state index contributed by atoms with van der Waals surface area (Å²) in [4.78, 5) is 9.32. The quantitative estimate of drug-likeness (QED) is 0.423. The largest absolute Gasteiger partial charge is 0.373 e. The van der Waals surface area contributed by atoms with Gasteiger partial charge in [-0.15, -0.1) is 0 Å². The molecule has 4 rings (SSSR count). The highest BCUT2D eigenvalue weighted by Gasteiger charge is 2.41. The summed E-state index contributed by atoms with van der Waals surface area (Å²) in [6.07, 6.45) is 4.26. The summed E-state index contributed by atoms with van der Waals surface area (Å²) in [5, 5.41) is 11.4. The number of guanidine groups is 1. The summed E-state index contributed by atoms with van der Waals surface area (Å²) >= 11 is 0. The lowest BCUT2D eigenvalue weighted by molar-refractivity contribution is 0.0992. The van der Waals surface area contributed by atoms with Gasteiger partial charge in [-0.3, -0.25) is 4.99 Å². The van der Waals surface area contributed by atoms with Crippen molar-refractivity contribution in [2.24, 2.45) is 4.99 Å². The highest BCUT2D eigenvalue weighted by Crippen LogP contribution is 2.34. The minimum atomic E-state index is 0.351. The molecule has 0 aliphatic carbocycles. The van der Waals surface area contributed by atoms with Gasteiger partial charge in [-0.2, -0.15) is 0 Å². The van der Waals surface area contributed by atoms with Gasteiger partial charge in [-0.05, 0) is 44.4 Å². The number of anilines is 1. The second-order valence-corrected chi connectivity index (χ2v) is 6.94. The van der Waals surface area contributed by atoms with Crippen LogP contribution in [0.15, 0.2) is 41.4 Å². The molecule has 0 spiro atoms. The summed E-state index contributed by atoms with van der Waals surface area (Å²) in [6, 6.07) is 12.6. The van der Waals surface area contributed by atoms with Crippen molar-refractivity contribution in [3.63, 3.8) is 0 Å². The first-order valence-electron chi connectivity index (χ1n) is 9.62. The summed E-state index contributed by atoms with van der Waals surface area (Å²) < 4.78 is 5.92. The van der Waals surface area contributed by atoms with E-state index >= 15 is 0 Å².